The van der Waals surface area contributed by atoms with Gasteiger partial charge in [-0.05, 0) is 26.7 Å². The van der Waals surface area contributed by atoms with Crippen molar-refractivity contribution in [2.45, 2.75) is 52.6 Å². The number of nitrogens with zero attached hydrogens (tertiary/aromatic N) is 1. The zero-order valence-electron chi connectivity index (χ0n) is 12.3. The van der Waals surface area contributed by atoms with Crippen LogP contribution in [-0.4, -0.2) is 49.3 Å². The molecule has 102 valence electrons. The van der Waals surface area contributed by atoms with Gasteiger partial charge in [-0.25, -0.2) is 0 Å². The molecule has 2 atom stereocenters. The zero-order chi connectivity index (χ0) is 12.9. The first-order valence-corrected chi connectivity index (χ1v) is 7.07. The number of hydrogen-bond donors (Lipinski definition) is 1. The molecule has 0 saturated carbocycles. The van der Waals surface area contributed by atoms with E-state index in [0.717, 1.165) is 38.8 Å². The van der Waals surface area contributed by atoms with Crippen molar-refractivity contribution < 1.29 is 4.74 Å². The molecule has 0 aromatic carbocycles. The summed E-state index contributed by atoms with van der Waals surface area (Å²) in [6, 6.07) is 0.661. The summed E-state index contributed by atoms with van der Waals surface area (Å²) in [4.78, 5) is 2.61. The largest absolute Gasteiger partial charge is 0.380 e. The van der Waals surface area contributed by atoms with Crippen LogP contribution in [0.15, 0.2) is 0 Å². The SMILES string of the molecule is CCOCCN1CC(C)(C)NCC1C(C)CC. The van der Waals surface area contributed by atoms with E-state index >= 15 is 0 Å². The van der Waals surface area contributed by atoms with Gasteiger partial charge >= 0.3 is 0 Å². The lowest BCUT2D eigenvalue weighted by molar-refractivity contribution is 0.0327. The number of ether oxygens (including phenoxy) is 1. The maximum Gasteiger partial charge on any atom is 0.0593 e. The van der Waals surface area contributed by atoms with Crippen molar-refractivity contribution in [1.82, 2.24) is 10.2 Å². The summed E-state index contributed by atoms with van der Waals surface area (Å²) in [6.07, 6.45) is 1.25. The van der Waals surface area contributed by atoms with Crippen LogP contribution in [0.4, 0.5) is 0 Å². The van der Waals surface area contributed by atoms with Crippen molar-refractivity contribution in [1.29, 1.82) is 0 Å². The number of piperazine rings is 1. The van der Waals surface area contributed by atoms with Gasteiger partial charge in [-0.2, -0.15) is 0 Å². The van der Waals surface area contributed by atoms with Crippen LogP contribution >= 0.6 is 0 Å². The number of rotatable bonds is 6. The van der Waals surface area contributed by atoms with E-state index in [2.05, 4.69) is 44.8 Å². The van der Waals surface area contributed by atoms with Crippen molar-refractivity contribution in [3.63, 3.8) is 0 Å². The molecule has 0 aromatic heterocycles. The topological polar surface area (TPSA) is 24.5 Å². The van der Waals surface area contributed by atoms with E-state index in [0.29, 0.717) is 6.04 Å². The van der Waals surface area contributed by atoms with Gasteiger partial charge in [0.25, 0.3) is 0 Å². The van der Waals surface area contributed by atoms with E-state index in [1.807, 2.05) is 0 Å². The van der Waals surface area contributed by atoms with Crippen molar-refractivity contribution in [3.05, 3.63) is 0 Å². The van der Waals surface area contributed by atoms with Gasteiger partial charge in [0.2, 0.25) is 0 Å². The Morgan fingerprint density at radius 1 is 1.41 bits per heavy atom. The van der Waals surface area contributed by atoms with E-state index in [4.69, 9.17) is 4.74 Å². The number of nitrogens with one attached hydrogen (secondary N) is 1. The predicted octanol–water partition coefficient (Wildman–Crippen LogP) is 2.12. The molecule has 0 radical (unpaired) electrons. The molecule has 2 unspecified atom stereocenters. The third kappa shape index (κ3) is 4.57. The van der Waals surface area contributed by atoms with Crippen LogP contribution in [-0.2, 0) is 4.74 Å². The van der Waals surface area contributed by atoms with Crippen LogP contribution in [0.5, 0.6) is 0 Å². The van der Waals surface area contributed by atoms with Gasteiger partial charge in [-0.15, -0.1) is 0 Å². The normalized spacial score (nSPS) is 27.0. The third-order valence-electron chi connectivity index (χ3n) is 3.88. The van der Waals surface area contributed by atoms with Crippen LogP contribution in [0.1, 0.15) is 41.0 Å². The van der Waals surface area contributed by atoms with Crippen molar-refractivity contribution in [2.75, 3.05) is 32.8 Å². The fraction of sp³-hybridized carbons (Fsp3) is 1.00. The molecule has 1 N–H and O–H groups in total. The molecular formula is C14H30N2O. The summed E-state index contributed by atoms with van der Waals surface area (Å²) in [7, 11) is 0. The van der Waals surface area contributed by atoms with Crippen molar-refractivity contribution >= 4 is 0 Å². The smallest absolute Gasteiger partial charge is 0.0593 e. The molecule has 3 nitrogen and oxygen atoms in total. The Morgan fingerprint density at radius 2 is 2.12 bits per heavy atom. The zero-order valence-corrected chi connectivity index (χ0v) is 12.3. The predicted molar refractivity (Wildman–Crippen MR) is 73.4 cm³/mol. The highest BCUT2D eigenvalue weighted by Crippen LogP contribution is 2.21. The second-order valence-electron chi connectivity index (χ2n) is 5.89. The van der Waals surface area contributed by atoms with E-state index in [1.165, 1.54) is 6.42 Å². The summed E-state index contributed by atoms with van der Waals surface area (Å²) >= 11 is 0. The molecule has 0 spiro atoms. The Bertz CT molecular complexity index is 218. The second kappa shape index (κ2) is 6.72. The van der Waals surface area contributed by atoms with Crippen LogP contribution in [0.3, 0.4) is 0 Å². The van der Waals surface area contributed by atoms with Crippen LogP contribution in [0, 0.1) is 5.92 Å². The second-order valence-corrected chi connectivity index (χ2v) is 5.89. The minimum absolute atomic E-state index is 0.232. The van der Waals surface area contributed by atoms with Gasteiger partial charge in [0.1, 0.15) is 0 Å². The van der Waals surface area contributed by atoms with E-state index < -0.39 is 0 Å². The summed E-state index contributed by atoms with van der Waals surface area (Å²) < 4.78 is 5.50. The Balaban J connectivity index is 2.55. The minimum atomic E-state index is 0.232. The summed E-state index contributed by atoms with van der Waals surface area (Å²) in [5, 5.41) is 3.66. The molecular weight excluding hydrogens is 212 g/mol. The molecule has 1 heterocycles. The van der Waals surface area contributed by atoms with Gasteiger partial charge in [0.05, 0.1) is 6.61 Å². The summed E-state index contributed by atoms with van der Waals surface area (Å²) in [6.45, 7) is 16.2. The monoisotopic (exact) mass is 242 g/mol. The molecule has 1 fully saturated rings. The van der Waals surface area contributed by atoms with Gasteiger partial charge in [-0.1, -0.05) is 20.3 Å². The molecule has 0 bridgehead atoms. The first-order valence-electron chi connectivity index (χ1n) is 7.07. The molecule has 1 aliphatic rings. The highest BCUT2D eigenvalue weighted by Gasteiger charge is 2.34. The molecule has 0 aliphatic carbocycles. The molecule has 0 aromatic rings. The Morgan fingerprint density at radius 3 is 2.71 bits per heavy atom. The van der Waals surface area contributed by atoms with Gasteiger partial charge in [0, 0.05) is 37.8 Å². The fourth-order valence-corrected chi connectivity index (χ4v) is 2.60. The van der Waals surface area contributed by atoms with E-state index in [1.54, 1.807) is 0 Å². The molecule has 1 saturated heterocycles. The van der Waals surface area contributed by atoms with Crippen molar-refractivity contribution in [3.8, 4) is 0 Å². The maximum atomic E-state index is 5.50. The molecule has 1 rings (SSSR count). The maximum absolute atomic E-state index is 5.50. The van der Waals surface area contributed by atoms with Gasteiger partial charge in [0.15, 0.2) is 0 Å². The van der Waals surface area contributed by atoms with Crippen LogP contribution in [0.2, 0.25) is 0 Å². The Hall–Kier alpha value is -0.120. The van der Waals surface area contributed by atoms with Gasteiger partial charge < -0.3 is 10.1 Å². The quantitative estimate of drug-likeness (QED) is 0.722. The molecule has 1 aliphatic heterocycles. The van der Waals surface area contributed by atoms with Crippen molar-refractivity contribution in [2.24, 2.45) is 5.92 Å². The lowest BCUT2D eigenvalue weighted by atomic mass is 9.91. The first-order chi connectivity index (χ1) is 8.00. The average Bonchev–Trinajstić information content (AvgIpc) is 2.28. The van der Waals surface area contributed by atoms with Gasteiger partial charge in [-0.3, -0.25) is 4.90 Å². The highest BCUT2D eigenvalue weighted by atomic mass is 16.5. The molecule has 3 heteroatoms. The Kier molecular flexibility index (Phi) is 5.90. The van der Waals surface area contributed by atoms with Crippen LogP contribution in [0.25, 0.3) is 0 Å². The van der Waals surface area contributed by atoms with E-state index in [9.17, 15) is 0 Å². The molecule has 0 amide bonds. The van der Waals surface area contributed by atoms with Crippen LogP contribution < -0.4 is 5.32 Å². The first kappa shape index (κ1) is 14.9. The highest BCUT2D eigenvalue weighted by molar-refractivity contribution is 4.93. The lowest BCUT2D eigenvalue weighted by Crippen LogP contribution is -2.63. The molecule has 17 heavy (non-hydrogen) atoms. The minimum Gasteiger partial charge on any atom is -0.380 e. The Labute approximate surface area is 107 Å². The van der Waals surface area contributed by atoms with E-state index in [-0.39, 0.29) is 5.54 Å². The summed E-state index contributed by atoms with van der Waals surface area (Å²) in [5.41, 5.74) is 0.232. The fourth-order valence-electron chi connectivity index (χ4n) is 2.60. The lowest BCUT2D eigenvalue weighted by Gasteiger charge is -2.46. The standard InChI is InChI=1S/C14H30N2O/c1-6-12(3)13-10-15-14(4,5)11-16(13)8-9-17-7-2/h12-13,15H,6-11H2,1-5H3. The third-order valence-corrected chi connectivity index (χ3v) is 3.88. The average molecular weight is 242 g/mol. The summed E-state index contributed by atoms with van der Waals surface area (Å²) in [5.74, 6) is 0.750. The number of hydrogen-bond acceptors (Lipinski definition) is 3.